The van der Waals surface area contributed by atoms with E-state index >= 15 is 0 Å². The summed E-state index contributed by atoms with van der Waals surface area (Å²) in [5, 5.41) is 0.592. The Hall–Kier alpha value is -3.55. The number of nitrogens with one attached hydrogen (secondary N) is 1. The summed E-state index contributed by atoms with van der Waals surface area (Å²) >= 11 is 0. The molecule has 1 atom stereocenters. The van der Waals surface area contributed by atoms with E-state index in [1.807, 2.05) is 0 Å². The first-order valence-corrected chi connectivity index (χ1v) is 8.01. The van der Waals surface area contributed by atoms with Gasteiger partial charge in [0.2, 0.25) is 6.10 Å². The minimum atomic E-state index is -1.28. The van der Waals surface area contributed by atoms with Gasteiger partial charge in [-0.15, -0.1) is 0 Å². The normalized spacial score (nSPS) is 11.7. The van der Waals surface area contributed by atoms with Crippen molar-refractivity contribution in [1.29, 1.82) is 0 Å². The van der Waals surface area contributed by atoms with Gasteiger partial charge in [-0.3, -0.25) is 0 Å². The molecule has 0 amide bonds. The Morgan fingerprint density at radius 1 is 1.04 bits per heavy atom. The fourth-order valence-electron chi connectivity index (χ4n) is 2.65. The zero-order valence-corrected chi connectivity index (χ0v) is 15.0. The van der Waals surface area contributed by atoms with Gasteiger partial charge in [0.1, 0.15) is 17.1 Å². The first-order valence-electron chi connectivity index (χ1n) is 8.01. The van der Waals surface area contributed by atoms with Gasteiger partial charge in [-0.1, -0.05) is 0 Å². The third kappa shape index (κ3) is 3.69. The van der Waals surface area contributed by atoms with Crippen molar-refractivity contribution < 1.29 is 28.5 Å². The van der Waals surface area contributed by atoms with Crippen LogP contribution in [-0.2, 0) is 14.3 Å². The summed E-state index contributed by atoms with van der Waals surface area (Å²) in [6.45, 7) is 0. The lowest BCUT2D eigenvalue weighted by Crippen LogP contribution is -2.21. The molecule has 2 heterocycles. The summed E-state index contributed by atoms with van der Waals surface area (Å²) in [6, 6.07) is 8.04. The molecule has 2 aromatic heterocycles. The van der Waals surface area contributed by atoms with Gasteiger partial charge in [0, 0.05) is 29.4 Å². The second-order valence-electron chi connectivity index (χ2n) is 5.55. The number of benzene rings is 1. The second kappa shape index (κ2) is 7.77. The van der Waals surface area contributed by atoms with Gasteiger partial charge < -0.3 is 23.9 Å². The minimum Gasteiger partial charge on any atom is -0.497 e. The Morgan fingerprint density at radius 2 is 1.74 bits per heavy atom. The van der Waals surface area contributed by atoms with Gasteiger partial charge in [-0.25, -0.2) is 14.6 Å². The molecule has 140 valence electrons. The standard InChI is InChI=1S/C19H18N2O6/c1-24-12-8-11(9-13(10-12)25-2)16(19(23)26-3)27-18(22)15-5-7-21-17-14(15)4-6-20-17/h4-10,16H,1-3H3,(H,20,21). The molecule has 0 aliphatic rings. The Kier molecular flexibility index (Phi) is 5.25. The Bertz CT molecular complexity index is 959. The Morgan fingerprint density at radius 3 is 2.37 bits per heavy atom. The van der Waals surface area contributed by atoms with E-state index in [1.54, 1.807) is 30.5 Å². The minimum absolute atomic E-state index is 0.282. The first kappa shape index (κ1) is 18.2. The van der Waals surface area contributed by atoms with E-state index in [1.165, 1.54) is 33.6 Å². The molecular formula is C19H18N2O6. The smallest absolute Gasteiger partial charge is 0.351 e. The molecule has 0 fully saturated rings. The predicted octanol–water partition coefficient (Wildman–Crippen LogP) is 2.65. The average Bonchev–Trinajstić information content (AvgIpc) is 3.19. The molecule has 1 N–H and O–H groups in total. The quantitative estimate of drug-likeness (QED) is 0.666. The number of methoxy groups -OCH3 is 3. The Labute approximate surface area is 155 Å². The van der Waals surface area contributed by atoms with E-state index in [0.717, 1.165) is 0 Å². The summed E-state index contributed by atoms with van der Waals surface area (Å²) in [7, 11) is 4.19. The molecule has 1 unspecified atom stereocenters. The number of esters is 2. The molecule has 0 radical (unpaired) electrons. The van der Waals surface area contributed by atoms with Crippen molar-refractivity contribution >= 4 is 23.0 Å². The van der Waals surface area contributed by atoms with Crippen molar-refractivity contribution in [3.8, 4) is 11.5 Å². The summed E-state index contributed by atoms with van der Waals surface area (Å²) in [6.07, 6.45) is 1.87. The van der Waals surface area contributed by atoms with Crippen molar-refractivity contribution in [3.63, 3.8) is 0 Å². The SMILES string of the molecule is COC(=O)C(OC(=O)c1ccnc2[nH]ccc12)c1cc(OC)cc(OC)c1. The highest BCUT2D eigenvalue weighted by molar-refractivity contribution is 6.03. The highest BCUT2D eigenvalue weighted by Crippen LogP contribution is 2.30. The molecule has 0 aliphatic heterocycles. The van der Waals surface area contributed by atoms with Crippen molar-refractivity contribution in [2.75, 3.05) is 21.3 Å². The van der Waals surface area contributed by atoms with Crippen LogP contribution in [0.3, 0.4) is 0 Å². The molecule has 3 aromatic rings. The van der Waals surface area contributed by atoms with Gasteiger partial charge in [-0.05, 0) is 24.3 Å². The highest BCUT2D eigenvalue weighted by Gasteiger charge is 2.28. The van der Waals surface area contributed by atoms with Crippen molar-refractivity contribution in [3.05, 3.63) is 53.9 Å². The number of carbonyl (C=O) groups is 2. The number of hydrogen-bond acceptors (Lipinski definition) is 7. The third-order valence-corrected chi connectivity index (χ3v) is 4.00. The van der Waals surface area contributed by atoms with Gasteiger partial charge in [-0.2, -0.15) is 0 Å². The monoisotopic (exact) mass is 370 g/mol. The zero-order chi connectivity index (χ0) is 19.4. The highest BCUT2D eigenvalue weighted by atomic mass is 16.6. The lowest BCUT2D eigenvalue weighted by atomic mass is 10.1. The molecule has 8 nitrogen and oxygen atoms in total. The van der Waals surface area contributed by atoms with Crippen LogP contribution in [-0.4, -0.2) is 43.2 Å². The van der Waals surface area contributed by atoms with E-state index in [0.29, 0.717) is 28.1 Å². The number of hydrogen-bond donors (Lipinski definition) is 1. The van der Waals surface area contributed by atoms with E-state index < -0.39 is 18.0 Å². The summed E-state index contributed by atoms with van der Waals surface area (Å²) in [5.41, 5.74) is 1.19. The lowest BCUT2D eigenvalue weighted by molar-refractivity contribution is -0.151. The van der Waals surface area contributed by atoms with E-state index in [2.05, 4.69) is 9.97 Å². The third-order valence-electron chi connectivity index (χ3n) is 4.00. The van der Waals surface area contributed by atoms with Crippen LogP contribution >= 0.6 is 0 Å². The number of fused-ring (bicyclic) bond motifs is 1. The number of rotatable bonds is 6. The van der Waals surface area contributed by atoms with Crippen LogP contribution in [0.25, 0.3) is 11.0 Å². The maximum Gasteiger partial charge on any atom is 0.351 e. The van der Waals surface area contributed by atoms with Gasteiger partial charge in [0.05, 0.1) is 26.9 Å². The summed E-state index contributed by atoms with van der Waals surface area (Å²) < 4.78 is 20.7. The van der Waals surface area contributed by atoms with Gasteiger partial charge >= 0.3 is 11.9 Å². The number of H-pyrrole nitrogens is 1. The number of aromatic amines is 1. The molecule has 3 rings (SSSR count). The first-order chi connectivity index (χ1) is 13.1. The van der Waals surface area contributed by atoms with Crippen molar-refractivity contribution in [2.45, 2.75) is 6.10 Å². The largest absolute Gasteiger partial charge is 0.497 e. The average molecular weight is 370 g/mol. The van der Waals surface area contributed by atoms with Crippen LogP contribution in [0.15, 0.2) is 42.7 Å². The van der Waals surface area contributed by atoms with Crippen LogP contribution < -0.4 is 9.47 Å². The molecule has 1 aromatic carbocycles. The molecule has 0 bridgehead atoms. The summed E-state index contributed by atoms with van der Waals surface area (Å²) in [4.78, 5) is 32.1. The summed E-state index contributed by atoms with van der Waals surface area (Å²) in [5.74, 6) is -0.505. The molecule has 8 heteroatoms. The maximum absolute atomic E-state index is 12.7. The van der Waals surface area contributed by atoms with Crippen LogP contribution in [0.4, 0.5) is 0 Å². The number of pyridine rings is 1. The van der Waals surface area contributed by atoms with Crippen LogP contribution in [0.2, 0.25) is 0 Å². The van der Waals surface area contributed by atoms with Crippen LogP contribution in [0.5, 0.6) is 11.5 Å². The molecule has 0 saturated carbocycles. The van der Waals surface area contributed by atoms with E-state index in [4.69, 9.17) is 18.9 Å². The number of aromatic nitrogens is 2. The zero-order valence-electron chi connectivity index (χ0n) is 15.0. The Balaban J connectivity index is 1.98. The van der Waals surface area contributed by atoms with Gasteiger partial charge in [0.15, 0.2) is 0 Å². The van der Waals surface area contributed by atoms with Crippen molar-refractivity contribution in [2.24, 2.45) is 0 Å². The van der Waals surface area contributed by atoms with E-state index in [-0.39, 0.29) is 5.56 Å². The molecular weight excluding hydrogens is 352 g/mol. The number of ether oxygens (including phenoxy) is 4. The topological polar surface area (TPSA) is 99.7 Å². The number of nitrogens with zero attached hydrogens (tertiary/aromatic N) is 1. The molecule has 0 aliphatic carbocycles. The molecule has 27 heavy (non-hydrogen) atoms. The van der Waals surface area contributed by atoms with Crippen molar-refractivity contribution in [1.82, 2.24) is 9.97 Å². The lowest BCUT2D eigenvalue weighted by Gasteiger charge is -2.18. The van der Waals surface area contributed by atoms with Gasteiger partial charge in [0.25, 0.3) is 0 Å². The molecule has 0 saturated heterocycles. The van der Waals surface area contributed by atoms with E-state index in [9.17, 15) is 9.59 Å². The second-order valence-corrected chi connectivity index (χ2v) is 5.55. The predicted molar refractivity (Wildman–Crippen MR) is 95.8 cm³/mol. The van der Waals surface area contributed by atoms with Crippen LogP contribution in [0, 0.1) is 0 Å². The fraction of sp³-hybridized carbons (Fsp3) is 0.211. The van der Waals surface area contributed by atoms with Crippen LogP contribution in [0.1, 0.15) is 22.0 Å². The number of carbonyl (C=O) groups excluding carboxylic acids is 2. The molecule has 0 spiro atoms. The maximum atomic E-state index is 12.7. The fourth-order valence-corrected chi connectivity index (χ4v) is 2.65.